The molecule has 1 saturated heterocycles. The highest BCUT2D eigenvalue weighted by molar-refractivity contribution is 6.31. The van der Waals surface area contributed by atoms with Crippen LogP contribution in [0.25, 0.3) is 10.9 Å². The van der Waals surface area contributed by atoms with Gasteiger partial charge in [0.25, 0.3) is 5.91 Å². The van der Waals surface area contributed by atoms with Crippen LogP contribution in [0.15, 0.2) is 24.3 Å². The molecule has 2 heterocycles. The lowest BCUT2D eigenvalue weighted by molar-refractivity contribution is -0.120. The summed E-state index contributed by atoms with van der Waals surface area (Å²) in [6, 6.07) is 6.64. The number of amides is 2. The van der Waals surface area contributed by atoms with Crippen LogP contribution >= 0.6 is 11.6 Å². The number of fused-ring (bicyclic) bond motifs is 1. The average Bonchev–Trinajstić information content (AvgIpc) is 2.96. The van der Waals surface area contributed by atoms with Crippen molar-refractivity contribution >= 4 is 34.3 Å². The van der Waals surface area contributed by atoms with Crippen molar-refractivity contribution < 1.29 is 9.59 Å². The Balaban J connectivity index is 1.83. The Morgan fingerprint density at radius 2 is 2.21 bits per heavy atom. The molecule has 0 saturated carbocycles. The summed E-state index contributed by atoms with van der Waals surface area (Å²) in [4.78, 5) is 26.5. The monoisotopic (exact) mass is 277 g/mol. The van der Waals surface area contributed by atoms with Crippen LogP contribution < -0.4 is 10.6 Å². The molecular formula is C13H12ClN3O2. The van der Waals surface area contributed by atoms with Crippen LogP contribution in [0.5, 0.6) is 0 Å². The Morgan fingerprint density at radius 3 is 2.95 bits per heavy atom. The van der Waals surface area contributed by atoms with E-state index in [0.717, 1.165) is 10.9 Å². The van der Waals surface area contributed by atoms with E-state index in [0.29, 0.717) is 23.7 Å². The van der Waals surface area contributed by atoms with E-state index in [1.807, 2.05) is 6.07 Å². The maximum atomic E-state index is 12.0. The van der Waals surface area contributed by atoms with Crippen LogP contribution in [0.3, 0.4) is 0 Å². The van der Waals surface area contributed by atoms with Crippen molar-refractivity contribution in [3.05, 3.63) is 35.0 Å². The first-order valence-corrected chi connectivity index (χ1v) is 6.38. The van der Waals surface area contributed by atoms with Gasteiger partial charge in [0.15, 0.2) is 0 Å². The molecule has 1 aliphatic rings. The highest BCUT2D eigenvalue weighted by atomic mass is 35.5. The molecule has 2 aromatic rings. The molecule has 0 radical (unpaired) electrons. The molecule has 5 nitrogen and oxygen atoms in total. The zero-order valence-corrected chi connectivity index (χ0v) is 10.8. The van der Waals surface area contributed by atoms with Gasteiger partial charge in [0.2, 0.25) is 5.91 Å². The molecule has 1 atom stereocenters. The van der Waals surface area contributed by atoms with Crippen molar-refractivity contribution in [2.75, 3.05) is 6.54 Å². The van der Waals surface area contributed by atoms with Crippen molar-refractivity contribution in [1.29, 1.82) is 0 Å². The number of H-pyrrole nitrogens is 1. The number of halogens is 1. The minimum absolute atomic E-state index is 0.132. The maximum Gasteiger partial charge on any atom is 0.268 e. The zero-order valence-electron chi connectivity index (χ0n) is 10.00. The number of rotatable bonds is 2. The van der Waals surface area contributed by atoms with E-state index in [1.165, 1.54) is 0 Å². The van der Waals surface area contributed by atoms with E-state index in [-0.39, 0.29) is 11.8 Å². The topological polar surface area (TPSA) is 74.0 Å². The Bertz CT molecular complexity index is 665. The van der Waals surface area contributed by atoms with Gasteiger partial charge in [-0.2, -0.15) is 0 Å². The summed E-state index contributed by atoms with van der Waals surface area (Å²) < 4.78 is 0. The van der Waals surface area contributed by atoms with Gasteiger partial charge in [0.1, 0.15) is 11.7 Å². The van der Waals surface area contributed by atoms with Crippen molar-refractivity contribution in [2.45, 2.75) is 12.5 Å². The number of hydrogen-bond acceptors (Lipinski definition) is 2. The van der Waals surface area contributed by atoms with E-state index in [1.54, 1.807) is 18.2 Å². The first-order chi connectivity index (χ1) is 9.13. The minimum Gasteiger partial charge on any atom is -0.354 e. The zero-order chi connectivity index (χ0) is 13.4. The molecule has 1 aromatic carbocycles. The van der Waals surface area contributed by atoms with Crippen molar-refractivity contribution in [3.63, 3.8) is 0 Å². The van der Waals surface area contributed by atoms with Crippen LogP contribution in [0.4, 0.5) is 0 Å². The van der Waals surface area contributed by atoms with E-state index >= 15 is 0 Å². The first kappa shape index (κ1) is 12.0. The molecule has 0 spiro atoms. The average molecular weight is 278 g/mol. The second-order valence-corrected chi connectivity index (χ2v) is 4.96. The van der Waals surface area contributed by atoms with Gasteiger partial charge in [-0.1, -0.05) is 11.6 Å². The second-order valence-electron chi connectivity index (χ2n) is 4.52. The number of hydrogen-bond donors (Lipinski definition) is 3. The van der Waals surface area contributed by atoms with Crippen molar-refractivity contribution in [2.24, 2.45) is 0 Å². The number of nitrogens with one attached hydrogen (secondary N) is 3. The number of carbonyl (C=O) groups excluding carboxylic acids is 2. The summed E-state index contributed by atoms with van der Waals surface area (Å²) in [7, 11) is 0. The van der Waals surface area contributed by atoms with E-state index in [2.05, 4.69) is 15.6 Å². The molecule has 1 aliphatic heterocycles. The lowest BCUT2D eigenvalue weighted by atomic mass is 10.2. The van der Waals surface area contributed by atoms with E-state index in [4.69, 9.17) is 11.6 Å². The molecule has 6 heteroatoms. The minimum atomic E-state index is -0.442. The molecule has 19 heavy (non-hydrogen) atoms. The quantitative estimate of drug-likeness (QED) is 0.777. The molecule has 1 aromatic heterocycles. The second kappa shape index (κ2) is 4.59. The fourth-order valence-corrected chi connectivity index (χ4v) is 2.37. The molecule has 2 amide bonds. The smallest absolute Gasteiger partial charge is 0.268 e. The third kappa shape index (κ3) is 2.29. The van der Waals surface area contributed by atoms with Gasteiger partial charge < -0.3 is 15.6 Å². The van der Waals surface area contributed by atoms with Gasteiger partial charge in [0.05, 0.1) is 0 Å². The third-order valence-corrected chi connectivity index (χ3v) is 3.42. The Labute approximate surface area is 114 Å². The summed E-state index contributed by atoms with van der Waals surface area (Å²) in [6.07, 6.45) is 0.622. The normalized spacial score (nSPS) is 18.6. The standard InChI is InChI=1S/C13H12ClN3O2/c14-8-1-2-9-7(5-8)6-11(16-9)13(19)17-10-3-4-15-12(10)18/h1-2,5-6,10,16H,3-4H2,(H,15,18)(H,17,19)/t10-/m0/s1. The Hall–Kier alpha value is -2.01. The summed E-state index contributed by atoms with van der Waals surface area (Å²) in [5.41, 5.74) is 1.27. The van der Waals surface area contributed by atoms with Gasteiger partial charge in [-0.05, 0) is 30.7 Å². The maximum absolute atomic E-state index is 12.0. The number of benzene rings is 1. The van der Waals surface area contributed by atoms with Crippen LogP contribution in [0.1, 0.15) is 16.9 Å². The molecule has 3 N–H and O–H groups in total. The summed E-state index contributed by atoms with van der Waals surface area (Å²) in [5.74, 6) is -0.415. The number of carbonyl (C=O) groups is 2. The van der Waals surface area contributed by atoms with E-state index < -0.39 is 6.04 Å². The fourth-order valence-electron chi connectivity index (χ4n) is 2.19. The summed E-state index contributed by atoms with van der Waals surface area (Å²) in [5, 5.41) is 6.87. The first-order valence-electron chi connectivity index (χ1n) is 6.00. The molecule has 98 valence electrons. The Kier molecular flexibility index (Phi) is 2.91. The Morgan fingerprint density at radius 1 is 1.37 bits per heavy atom. The van der Waals surface area contributed by atoms with Crippen LogP contribution in [-0.4, -0.2) is 29.4 Å². The van der Waals surface area contributed by atoms with Crippen LogP contribution in [0.2, 0.25) is 5.02 Å². The molecule has 3 rings (SSSR count). The largest absolute Gasteiger partial charge is 0.354 e. The van der Waals surface area contributed by atoms with Crippen LogP contribution in [-0.2, 0) is 4.79 Å². The molecule has 0 bridgehead atoms. The van der Waals surface area contributed by atoms with Crippen molar-refractivity contribution in [3.8, 4) is 0 Å². The molecule has 0 aliphatic carbocycles. The highest BCUT2D eigenvalue weighted by Gasteiger charge is 2.26. The number of aromatic nitrogens is 1. The fraction of sp³-hybridized carbons (Fsp3) is 0.231. The molecule has 1 fully saturated rings. The van der Waals surface area contributed by atoms with Gasteiger partial charge in [-0.25, -0.2) is 0 Å². The lowest BCUT2D eigenvalue weighted by Gasteiger charge is -2.08. The van der Waals surface area contributed by atoms with E-state index in [9.17, 15) is 9.59 Å². The van der Waals surface area contributed by atoms with Gasteiger partial charge in [-0.3, -0.25) is 9.59 Å². The van der Waals surface area contributed by atoms with Gasteiger partial charge >= 0.3 is 0 Å². The summed E-state index contributed by atoms with van der Waals surface area (Å²) in [6.45, 7) is 0.603. The SMILES string of the molecule is O=C(N[C@H]1CCNC1=O)c1cc2cc(Cl)ccc2[nH]1. The predicted octanol–water partition coefficient (Wildman–Crippen LogP) is 1.44. The third-order valence-electron chi connectivity index (χ3n) is 3.18. The number of aromatic amines is 1. The molecular weight excluding hydrogens is 266 g/mol. The molecule has 0 unspecified atom stereocenters. The van der Waals surface area contributed by atoms with Crippen molar-refractivity contribution in [1.82, 2.24) is 15.6 Å². The van der Waals surface area contributed by atoms with Gasteiger partial charge in [-0.15, -0.1) is 0 Å². The summed E-state index contributed by atoms with van der Waals surface area (Å²) >= 11 is 5.90. The van der Waals surface area contributed by atoms with Gasteiger partial charge in [0, 0.05) is 22.5 Å². The lowest BCUT2D eigenvalue weighted by Crippen LogP contribution is -2.40. The van der Waals surface area contributed by atoms with Crippen LogP contribution in [0, 0.1) is 0 Å². The highest BCUT2D eigenvalue weighted by Crippen LogP contribution is 2.20. The predicted molar refractivity (Wildman–Crippen MR) is 72.2 cm³/mol.